The predicted octanol–water partition coefficient (Wildman–Crippen LogP) is 2.44. The van der Waals surface area contributed by atoms with Crippen molar-refractivity contribution in [3.05, 3.63) is 53.9 Å². The van der Waals surface area contributed by atoms with Gasteiger partial charge in [0.2, 0.25) is 5.91 Å². The highest BCUT2D eigenvalue weighted by atomic mass is 32.1. The summed E-state index contributed by atoms with van der Waals surface area (Å²) in [6.07, 6.45) is 1.96. The van der Waals surface area contributed by atoms with Gasteiger partial charge in [0.25, 0.3) is 5.91 Å². The first-order chi connectivity index (χ1) is 13.6. The maximum atomic E-state index is 13.2. The maximum Gasteiger partial charge on any atom is 0.315 e. The number of hydrogen-bond donors (Lipinski definition) is 3. The standard InChI is InChI=1S/C20H20N4O3S/c1-2-7-21-20(27)22-13-10-16-18(25)23-15-6-5-12(17-4-3-8-28-17)9-14(15)19(26)24(16)11-13/h2-6,8-9,13,16H,1,7,10-11H2,(H,23,25)(H2,21,22,27). The summed E-state index contributed by atoms with van der Waals surface area (Å²) in [6.45, 7) is 4.20. The summed E-state index contributed by atoms with van der Waals surface area (Å²) in [5.74, 6) is -0.431. The Morgan fingerprint density at radius 3 is 2.96 bits per heavy atom. The molecule has 2 unspecified atom stereocenters. The summed E-state index contributed by atoms with van der Waals surface area (Å²) in [7, 11) is 0. The van der Waals surface area contributed by atoms with Gasteiger partial charge in [-0.05, 0) is 35.6 Å². The van der Waals surface area contributed by atoms with Crippen LogP contribution in [0.2, 0.25) is 0 Å². The lowest BCUT2D eigenvalue weighted by Gasteiger charge is -2.20. The number of thiophene rings is 1. The Labute approximate surface area is 166 Å². The van der Waals surface area contributed by atoms with Crippen LogP contribution in [0.25, 0.3) is 10.4 Å². The minimum Gasteiger partial charge on any atom is -0.335 e. The largest absolute Gasteiger partial charge is 0.335 e. The van der Waals surface area contributed by atoms with Crippen LogP contribution in [0.4, 0.5) is 10.5 Å². The van der Waals surface area contributed by atoms with Crippen molar-refractivity contribution >= 4 is 34.9 Å². The van der Waals surface area contributed by atoms with Crippen molar-refractivity contribution in [1.82, 2.24) is 15.5 Å². The minimum atomic E-state index is -0.602. The lowest BCUT2D eigenvalue weighted by Crippen LogP contribution is -2.44. The fraction of sp³-hybridized carbons (Fsp3) is 0.250. The van der Waals surface area contributed by atoms with Crippen LogP contribution in [0.3, 0.4) is 0 Å². The van der Waals surface area contributed by atoms with E-state index in [1.54, 1.807) is 28.4 Å². The third-order valence-electron chi connectivity index (χ3n) is 4.92. The van der Waals surface area contributed by atoms with E-state index in [-0.39, 0.29) is 23.9 Å². The van der Waals surface area contributed by atoms with Gasteiger partial charge in [-0.3, -0.25) is 9.59 Å². The fourth-order valence-corrected chi connectivity index (χ4v) is 4.34. The van der Waals surface area contributed by atoms with Crippen LogP contribution in [0.5, 0.6) is 0 Å². The second kappa shape index (κ2) is 7.47. The van der Waals surface area contributed by atoms with E-state index >= 15 is 0 Å². The number of hydrogen-bond acceptors (Lipinski definition) is 4. The normalized spacial score (nSPS) is 20.6. The molecule has 4 rings (SSSR count). The molecule has 2 aromatic rings. The zero-order valence-electron chi connectivity index (χ0n) is 15.1. The molecule has 0 radical (unpaired) electrons. The second-order valence-corrected chi connectivity index (χ2v) is 7.72. The molecule has 7 nitrogen and oxygen atoms in total. The van der Waals surface area contributed by atoms with Gasteiger partial charge in [0.05, 0.1) is 17.3 Å². The predicted molar refractivity (Wildman–Crippen MR) is 108 cm³/mol. The van der Waals surface area contributed by atoms with Gasteiger partial charge in [0, 0.05) is 18.0 Å². The average Bonchev–Trinajstić information content (AvgIpc) is 3.34. The molecule has 1 aromatic heterocycles. The van der Waals surface area contributed by atoms with Crippen molar-refractivity contribution in [3.8, 4) is 10.4 Å². The Bertz CT molecular complexity index is 941. The van der Waals surface area contributed by atoms with Gasteiger partial charge in [0.15, 0.2) is 0 Å². The van der Waals surface area contributed by atoms with Crippen molar-refractivity contribution in [3.63, 3.8) is 0 Å². The fourth-order valence-electron chi connectivity index (χ4n) is 3.61. The third kappa shape index (κ3) is 3.38. The highest BCUT2D eigenvalue weighted by Gasteiger charge is 2.43. The molecule has 1 saturated heterocycles. The SMILES string of the molecule is C=CCNC(=O)NC1CC2C(=O)Nc3ccc(-c4cccs4)cc3C(=O)N2C1. The van der Waals surface area contributed by atoms with Gasteiger partial charge in [-0.1, -0.05) is 18.2 Å². The molecule has 3 heterocycles. The first-order valence-corrected chi connectivity index (χ1v) is 9.90. The lowest BCUT2D eigenvalue weighted by molar-refractivity contribution is -0.119. The Hall–Kier alpha value is -3.13. The summed E-state index contributed by atoms with van der Waals surface area (Å²) in [5.41, 5.74) is 1.93. The van der Waals surface area contributed by atoms with Gasteiger partial charge in [-0.2, -0.15) is 0 Å². The van der Waals surface area contributed by atoms with Crippen LogP contribution in [0, 0.1) is 0 Å². The lowest BCUT2D eigenvalue weighted by atomic mass is 10.1. The zero-order chi connectivity index (χ0) is 19.7. The molecule has 1 fully saturated rings. The van der Waals surface area contributed by atoms with Crippen LogP contribution in [-0.4, -0.2) is 47.9 Å². The summed E-state index contributed by atoms with van der Waals surface area (Å²) in [6, 6.07) is 8.23. The monoisotopic (exact) mass is 396 g/mol. The number of carbonyl (C=O) groups is 3. The molecule has 8 heteroatoms. The number of nitrogens with one attached hydrogen (secondary N) is 3. The molecule has 1 aromatic carbocycles. The number of rotatable bonds is 4. The Balaban J connectivity index is 1.57. The van der Waals surface area contributed by atoms with E-state index < -0.39 is 6.04 Å². The van der Waals surface area contributed by atoms with Crippen LogP contribution in [-0.2, 0) is 4.79 Å². The summed E-state index contributed by atoms with van der Waals surface area (Å²) in [5, 5.41) is 10.3. The van der Waals surface area contributed by atoms with Gasteiger partial charge in [0.1, 0.15) is 6.04 Å². The molecule has 0 aliphatic carbocycles. The van der Waals surface area contributed by atoms with Gasteiger partial charge in [-0.25, -0.2) is 4.79 Å². The summed E-state index contributed by atoms with van der Waals surface area (Å²) < 4.78 is 0. The number of urea groups is 1. The summed E-state index contributed by atoms with van der Waals surface area (Å²) in [4.78, 5) is 40.4. The van der Waals surface area contributed by atoms with Crippen molar-refractivity contribution in [1.29, 1.82) is 0 Å². The minimum absolute atomic E-state index is 0.201. The van der Waals surface area contributed by atoms with Crippen LogP contribution >= 0.6 is 11.3 Å². The molecule has 0 spiro atoms. The van der Waals surface area contributed by atoms with Crippen molar-refractivity contribution in [2.24, 2.45) is 0 Å². The van der Waals surface area contributed by atoms with E-state index in [0.29, 0.717) is 30.8 Å². The molecule has 4 amide bonds. The van der Waals surface area contributed by atoms with Gasteiger partial charge >= 0.3 is 6.03 Å². The van der Waals surface area contributed by atoms with Crippen molar-refractivity contribution < 1.29 is 14.4 Å². The highest BCUT2D eigenvalue weighted by Crippen LogP contribution is 2.33. The molecule has 2 aliphatic heterocycles. The summed E-state index contributed by atoms with van der Waals surface area (Å²) >= 11 is 1.59. The third-order valence-corrected chi connectivity index (χ3v) is 5.84. The number of anilines is 1. The second-order valence-electron chi connectivity index (χ2n) is 6.78. The first-order valence-electron chi connectivity index (χ1n) is 9.02. The average molecular weight is 396 g/mol. The number of benzene rings is 1. The first kappa shape index (κ1) is 18.2. The topological polar surface area (TPSA) is 90.5 Å². The molecule has 3 N–H and O–H groups in total. The zero-order valence-corrected chi connectivity index (χ0v) is 15.9. The number of fused-ring (bicyclic) bond motifs is 2. The molecular formula is C20H20N4O3S. The van der Waals surface area contributed by atoms with E-state index in [0.717, 1.165) is 10.4 Å². The molecule has 0 saturated carbocycles. The molecule has 2 atom stereocenters. The Morgan fingerprint density at radius 2 is 2.21 bits per heavy atom. The van der Waals surface area contributed by atoms with Gasteiger partial charge in [-0.15, -0.1) is 17.9 Å². The van der Waals surface area contributed by atoms with E-state index in [4.69, 9.17) is 0 Å². The van der Waals surface area contributed by atoms with Crippen molar-refractivity contribution in [2.75, 3.05) is 18.4 Å². The molecule has 2 aliphatic rings. The smallest absolute Gasteiger partial charge is 0.315 e. The number of carbonyl (C=O) groups excluding carboxylic acids is 3. The number of amides is 4. The Morgan fingerprint density at radius 1 is 1.36 bits per heavy atom. The molecular weight excluding hydrogens is 376 g/mol. The van der Waals surface area contributed by atoms with Crippen LogP contribution < -0.4 is 16.0 Å². The van der Waals surface area contributed by atoms with Crippen LogP contribution in [0.15, 0.2) is 48.4 Å². The molecule has 144 valence electrons. The number of nitrogens with zero attached hydrogens (tertiary/aromatic N) is 1. The van der Waals surface area contributed by atoms with E-state index in [1.165, 1.54) is 0 Å². The molecule has 28 heavy (non-hydrogen) atoms. The quantitative estimate of drug-likeness (QED) is 0.694. The van der Waals surface area contributed by atoms with Crippen LogP contribution in [0.1, 0.15) is 16.8 Å². The van der Waals surface area contributed by atoms with E-state index in [2.05, 4.69) is 22.5 Å². The Kier molecular flexibility index (Phi) is 4.87. The van der Waals surface area contributed by atoms with Crippen molar-refractivity contribution in [2.45, 2.75) is 18.5 Å². The van der Waals surface area contributed by atoms with E-state index in [9.17, 15) is 14.4 Å². The highest BCUT2D eigenvalue weighted by molar-refractivity contribution is 7.13. The maximum absolute atomic E-state index is 13.2. The van der Waals surface area contributed by atoms with E-state index in [1.807, 2.05) is 29.6 Å². The van der Waals surface area contributed by atoms with Gasteiger partial charge < -0.3 is 20.9 Å². The molecule has 0 bridgehead atoms.